The minimum atomic E-state index is -3.89. The van der Waals surface area contributed by atoms with Crippen LogP contribution in [0.3, 0.4) is 0 Å². The van der Waals surface area contributed by atoms with Gasteiger partial charge in [-0.1, -0.05) is 29.3 Å². The molecule has 4 aromatic rings. The van der Waals surface area contributed by atoms with E-state index in [4.69, 9.17) is 28.4 Å². The molecular formula is C29H27Cl2N7O5S. The molecule has 0 aliphatic carbocycles. The Morgan fingerprint density at radius 1 is 0.932 bits per heavy atom. The van der Waals surface area contributed by atoms with Crippen molar-refractivity contribution in [3.05, 3.63) is 94.4 Å². The molecule has 1 fully saturated rings. The van der Waals surface area contributed by atoms with Gasteiger partial charge in [-0.15, -0.1) is 0 Å². The van der Waals surface area contributed by atoms with Crippen LogP contribution in [-0.2, 0) is 10.0 Å². The van der Waals surface area contributed by atoms with Gasteiger partial charge < -0.3 is 10.2 Å². The lowest BCUT2D eigenvalue weighted by atomic mass is 9.97. The summed E-state index contributed by atoms with van der Waals surface area (Å²) >= 11 is 12.7. The van der Waals surface area contributed by atoms with E-state index in [1.807, 2.05) is 11.0 Å². The summed E-state index contributed by atoms with van der Waals surface area (Å²) in [4.78, 5) is 39.0. The van der Waals surface area contributed by atoms with Crippen LogP contribution >= 0.6 is 23.2 Å². The van der Waals surface area contributed by atoms with Crippen LogP contribution in [0.25, 0.3) is 11.3 Å². The van der Waals surface area contributed by atoms with Crippen LogP contribution in [0, 0.1) is 5.92 Å². The lowest BCUT2D eigenvalue weighted by molar-refractivity contribution is 0.0705. The molecule has 2 amide bonds. The normalized spacial score (nSPS) is 13.8. The molecule has 0 unspecified atom stereocenters. The number of pyridine rings is 1. The smallest absolute Gasteiger partial charge is 0.277 e. The fourth-order valence-electron chi connectivity index (χ4n) is 4.68. The maximum atomic E-state index is 13.0. The lowest BCUT2D eigenvalue weighted by Gasteiger charge is -2.32. The van der Waals surface area contributed by atoms with E-state index >= 15 is 0 Å². The topological polar surface area (TPSA) is 167 Å². The van der Waals surface area contributed by atoms with Crippen LogP contribution in [-0.4, -0.2) is 60.0 Å². The fraction of sp³-hybridized carbons (Fsp3) is 0.207. The number of anilines is 2. The first-order valence-electron chi connectivity index (χ1n) is 13.5. The number of carbonyl (C=O) groups excluding carboxylic acids is 2. The molecule has 12 nitrogen and oxygen atoms in total. The van der Waals surface area contributed by atoms with Gasteiger partial charge in [-0.25, -0.2) is 28.6 Å². The van der Waals surface area contributed by atoms with E-state index in [1.165, 1.54) is 36.1 Å². The van der Waals surface area contributed by atoms with Crippen LogP contribution in [0.5, 0.6) is 0 Å². The first kappa shape index (κ1) is 31.3. The second-order valence-corrected chi connectivity index (χ2v) is 12.6. The highest BCUT2D eigenvalue weighted by atomic mass is 35.5. The monoisotopic (exact) mass is 655 g/mol. The van der Waals surface area contributed by atoms with Gasteiger partial charge in [-0.2, -0.15) is 0 Å². The maximum Gasteiger partial charge on any atom is 0.277 e. The number of aromatic nitrogens is 3. The number of carbonyl (C=O) groups is 2. The summed E-state index contributed by atoms with van der Waals surface area (Å²) < 4.78 is 28.7. The number of sulfonamides is 1. The summed E-state index contributed by atoms with van der Waals surface area (Å²) in [5, 5.41) is 12.0. The van der Waals surface area contributed by atoms with Gasteiger partial charge in [0.05, 0.1) is 31.8 Å². The molecule has 1 saturated heterocycles. The zero-order chi connectivity index (χ0) is 31.3. The van der Waals surface area contributed by atoms with Crippen molar-refractivity contribution in [3.63, 3.8) is 0 Å². The third-order valence-corrected chi connectivity index (χ3v) is 9.19. The molecule has 1 aliphatic rings. The number of hydroxylamine groups is 1. The van der Waals surface area contributed by atoms with E-state index < -0.39 is 21.8 Å². The van der Waals surface area contributed by atoms with Gasteiger partial charge in [0.15, 0.2) is 0 Å². The van der Waals surface area contributed by atoms with Crippen molar-refractivity contribution in [1.82, 2.24) is 25.2 Å². The third-order valence-electron chi connectivity index (χ3n) is 7.12. The van der Waals surface area contributed by atoms with Crippen molar-refractivity contribution in [3.8, 4) is 11.3 Å². The maximum absolute atomic E-state index is 13.0. The summed E-state index contributed by atoms with van der Waals surface area (Å²) in [7, 11) is -3.89. The van der Waals surface area contributed by atoms with Gasteiger partial charge in [0.2, 0.25) is 16.0 Å². The van der Waals surface area contributed by atoms with Gasteiger partial charge in [-0.3, -0.25) is 19.8 Å². The number of nitrogens with one attached hydrogen (secondary N) is 3. The molecule has 4 N–H and O–H groups in total. The molecule has 3 heterocycles. The highest BCUT2D eigenvalue weighted by molar-refractivity contribution is 7.89. The number of nitrogens with zero attached hydrogens (tertiary/aromatic N) is 4. The Balaban J connectivity index is 1.17. The highest BCUT2D eigenvalue weighted by Crippen LogP contribution is 2.30. The number of hydrogen-bond acceptors (Lipinski definition) is 9. The molecule has 2 aromatic heterocycles. The molecule has 1 aliphatic heterocycles. The quantitative estimate of drug-likeness (QED) is 0.151. The molecule has 228 valence electrons. The Morgan fingerprint density at radius 2 is 1.68 bits per heavy atom. The molecule has 15 heteroatoms. The van der Waals surface area contributed by atoms with Crippen molar-refractivity contribution in [1.29, 1.82) is 0 Å². The fourth-order valence-corrected chi connectivity index (χ4v) is 6.37. The highest BCUT2D eigenvalue weighted by Gasteiger charge is 2.24. The van der Waals surface area contributed by atoms with Crippen LogP contribution in [0.1, 0.15) is 33.6 Å². The Bertz CT molecular complexity index is 1770. The number of rotatable bonds is 9. The number of benzene rings is 2. The zero-order valence-electron chi connectivity index (χ0n) is 23.1. The predicted octanol–water partition coefficient (Wildman–Crippen LogP) is 4.41. The average molecular weight is 657 g/mol. The zero-order valence-corrected chi connectivity index (χ0v) is 25.4. The van der Waals surface area contributed by atoms with Crippen LogP contribution in [0.2, 0.25) is 10.0 Å². The number of piperidine rings is 1. The minimum Gasteiger partial charge on any atom is -0.341 e. The Morgan fingerprint density at radius 3 is 2.34 bits per heavy atom. The average Bonchev–Trinajstić information content (AvgIpc) is 3.05. The first-order chi connectivity index (χ1) is 21.1. The molecular weight excluding hydrogens is 629 g/mol. The van der Waals surface area contributed by atoms with E-state index in [0.717, 1.165) is 0 Å². The van der Waals surface area contributed by atoms with Gasteiger partial charge in [0, 0.05) is 49.5 Å². The molecule has 44 heavy (non-hydrogen) atoms. The van der Waals surface area contributed by atoms with Crippen molar-refractivity contribution in [2.45, 2.75) is 17.7 Å². The summed E-state index contributed by atoms with van der Waals surface area (Å²) in [6.07, 6.45) is 5.68. The molecule has 0 atom stereocenters. The largest absolute Gasteiger partial charge is 0.341 e. The predicted molar refractivity (Wildman–Crippen MR) is 165 cm³/mol. The Hall–Kier alpha value is -4.14. The van der Waals surface area contributed by atoms with Gasteiger partial charge in [0.1, 0.15) is 0 Å². The van der Waals surface area contributed by atoms with Crippen LogP contribution < -0.4 is 20.4 Å². The van der Waals surface area contributed by atoms with Gasteiger partial charge in [0.25, 0.3) is 11.8 Å². The van der Waals surface area contributed by atoms with Crippen molar-refractivity contribution in [2.75, 3.05) is 29.9 Å². The van der Waals surface area contributed by atoms with Crippen molar-refractivity contribution >= 4 is 56.7 Å². The number of amides is 2. The van der Waals surface area contributed by atoms with Crippen LogP contribution in [0.4, 0.5) is 11.6 Å². The molecule has 0 bridgehead atoms. The Labute approximate surface area is 263 Å². The molecule has 2 aromatic carbocycles. The standard InChI is InChI=1S/C29H27Cl2N7O5S/c30-24-7-4-20(13-23(24)26-3-1-2-10-32-26)36-28(40)22-6-5-21(14-25(22)31)44(42,43)35-15-18-8-11-38(12-9-18)29-33-16-19(17-34-29)27(39)37-41/h1-7,10,13-14,16-18,35,41H,8-9,11-12,15H2,(H,36,40)(H,37,39). The van der Waals surface area contributed by atoms with Gasteiger partial charge >= 0.3 is 0 Å². The second kappa shape index (κ2) is 13.7. The van der Waals surface area contributed by atoms with E-state index in [1.54, 1.807) is 36.5 Å². The van der Waals surface area contributed by atoms with E-state index in [2.05, 4.69) is 25.0 Å². The summed E-state index contributed by atoms with van der Waals surface area (Å²) in [5.41, 5.74) is 3.54. The summed E-state index contributed by atoms with van der Waals surface area (Å²) in [6.45, 7) is 1.43. The number of halogens is 2. The van der Waals surface area contributed by atoms with Crippen LogP contribution in [0.15, 0.2) is 78.1 Å². The van der Waals surface area contributed by atoms with E-state index in [-0.39, 0.29) is 33.5 Å². The van der Waals surface area contributed by atoms with E-state index in [9.17, 15) is 18.0 Å². The summed E-state index contributed by atoms with van der Waals surface area (Å²) in [5.74, 6) is -0.683. The van der Waals surface area contributed by atoms with Crippen molar-refractivity contribution in [2.24, 2.45) is 5.92 Å². The Kier molecular flexibility index (Phi) is 9.71. The molecule has 0 radical (unpaired) electrons. The second-order valence-electron chi connectivity index (χ2n) is 10.0. The van der Waals surface area contributed by atoms with Crippen molar-refractivity contribution < 1.29 is 23.2 Å². The summed E-state index contributed by atoms with van der Waals surface area (Å²) in [6, 6.07) is 14.4. The first-order valence-corrected chi connectivity index (χ1v) is 15.7. The molecule has 0 spiro atoms. The third kappa shape index (κ3) is 7.31. The SMILES string of the molecule is O=C(NO)c1cnc(N2CCC(CNS(=O)(=O)c3ccc(C(=O)Nc4ccc(Cl)c(-c5ccccn5)c4)c(Cl)c3)CC2)nc1. The molecule has 5 rings (SSSR count). The lowest BCUT2D eigenvalue weighted by Crippen LogP contribution is -2.39. The van der Waals surface area contributed by atoms with E-state index in [0.29, 0.717) is 53.8 Å². The minimum absolute atomic E-state index is 0.0138. The number of hydrogen-bond donors (Lipinski definition) is 4. The van der Waals surface area contributed by atoms with Gasteiger partial charge in [-0.05, 0) is 67.3 Å². The molecule has 0 saturated carbocycles.